The van der Waals surface area contributed by atoms with Gasteiger partial charge < -0.3 is 15.2 Å². The van der Waals surface area contributed by atoms with Gasteiger partial charge in [0.2, 0.25) is 0 Å². The van der Waals surface area contributed by atoms with Crippen LogP contribution in [0.5, 0.6) is 0 Å². The Hall–Kier alpha value is -1.47. The summed E-state index contributed by atoms with van der Waals surface area (Å²) in [7, 11) is 0. The lowest BCUT2D eigenvalue weighted by Gasteiger charge is -2.05. The van der Waals surface area contributed by atoms with Crippen molar-refractivity contribution in [2.45, 2.75) is 6.42 Å². The maximum Gasteiger partial charge on any atom is 0.305 e. The van der Waals surface area contributed by atoms with E-state index in [-0.39, 0.29) is 25.5 Å². The van der Waals surface area contributed by atoms with Crippen LogP contribution in [0.3, 0.4) is 0 Å². The zero-order valence-corrected chi connectivity index (χ0v) is 11.1. The van der Waals surface area contributed by atoms with E-state index in [1.54, 1.807) is 12.3 Å². The van der Waals surface area contributed by atoms with E-state index < -0.39 is 5.97 Å². The Bertz CT molecular complexity index is 425. The molecular formula is C11H13BrN2O4. The van der Waals surface area contributed by atoms with Crippen LogP contribution in [-0.2, 0) is 9.53 Å². The molecule has 1 amide bonds. The number of carbonyl (C=O) groups excluding carboxylic acids is 1. The summed E-state index contributed by atoms with van der Waals surface area (Å²) in [6.45, 7) is 0.745. The molecule has 0 aliphatic rings. The molecule has 18 heavy (non-hydrogen) atoms. The first kappa shape index (κ1) is 14.6. The van der Waals surface area contributed by atoms with Gasteiger partial charge in [-0.25, -0.2) is 0 Å². The highest BCUT2D eigenvalue weighted by Crippen LogP contribution is 2.09. The van der Waals surface area contributed by atoms with E-state index in [0.29, 0.717) is 12.1 Å². The van der Waals surface area contributed by atoms with Crippen LogP contribution in [0, 0.1) is 0 Å². The molecule has 1 aromatic heterocycles. The predicted molar refractivity (Wildman–Crippen MR) is 67.3 cm³/mol. The molecule has 0 spiro atoms. The average molecular weight is 317 g/mol. The number of nitrogens with zero attached hydrogens (tertiary/aromatic N) is 1. The lowest BCUT2D eigenvalue weighted by atomic mass is 10.3. The highest BCUT2D eigenvalue weighted by molar-refractivity contribution is 9.10. The molecule has 1 heterocycles. The summed E-state index contributed by atoms with van der Waals surface area (Å²) < 4.78 is 5.76. The Kier molecular flexibility index (Phi) is 6.31. The number of carbonyl (C=O) groups is 2. The van der Waals surface area contributed by atoms with Gasteiger partial charge in [0.1, 0.15) is 0 Å². The van der Waals surface area contributed by atoms with Crippen molar-refractivity contribution in [1.82, 2.24) is 10.3 Å². The maximum atomic E-state index is 11.6. The van der Waals surface area contributed by atoms with Gasteiger partial charge in [-0.05, 0) is 22.0 Å². The summed E-state index contributed by atoms with van der Waals surface area (Å²) in [5.41, 5.74) is 0.454. The normalized spacial score (nSPS) is 10.1. The molecule has 7 heteroatoms. The maximum absolute atomic E-state index is 11.6. The molecule has 0 saturated heterocycles. The number of rotatable bonds is 7. The molecule has 6 nitrogen and oxygen atoms in total. The Labute approximate surface area is 112 Å². The van der Waals surface area contributed by atoms with E-state index in [9.17, 15) is 9.59 Å². The molecule has 0 unspecified atom stereocenters. The summed E-state index contributed by atoms with van der Waals surface area (Å²) in [6.07, 6.45) is 3.01. The van der Waals surface area contributed by atoms with Crippen molar-refractivity contribution in [3.8, 4) is 0 Å². The molecular weight excluding hydrogens is 304 g/mol. The van der Waals surface area contributed by atoms with Gasteiger partial charge in [0.05, 0.1) is 25.2 Å². The van der Waals surface area contributed by atoms with E-state index in [0.717, 1.165) is 4.47 Å². The number of amides is 1. The summed E-state index contributed by atoms with van der Waals surface area (Å²) in [5.74, 6) is -1.15. The van der Waals surface area contributed by atoms with Gasteiger partial charge in [0.25, 0.3) is 5.91 Å². The van der Waals surface area contributed by atoms with Gasteiger partial charge in [-0.3, -0.25) is 14.6 Å². The third-order valence-electron chi connectivity index (χ3n) is 1.96. The second-order valence-electron chi connectivity index (χ2n) is 3.40. The number of aromatic nitrogens is 1. The van der Waals surface area contributed by atoms with E-state index in [1.807, 2.05) is 0 Å². The monoisotopic (exact) mass is 316 g/mol. The number of nitrogens with one attached hydrogen (secondary N) is 1. The molecule has 2 N–H and O–H groups in total. The van der Waals surface area contributed by atoms with Crippen LogP contribution in [0.4, 0.5) is 0 Å². The minimum atomic E-state index is -0.903. The first-order chi connectivity index (χ1) is 8.59. The molecule has 0 aliphatic carbocycles. The molecule has 98 valence electrons. The first-order valence-corrected chi connectivity index (χ1v) is 6.07. The second-order valence-corrected chi connectivity index (χ2v) is 4.32. The summed E-state index contributed by atoms with van der Waals surface area (Å²) >= 11 is 3.22. The van der Waals surface area contributed by atoms with Crippen LogP contribution >= 0.6 is 15.9 Å². The fourth-order valence-electron chi connectivity index (χ4n) is 1.14. The third-order valence-corrected chi connectivity index (χ3v) is 2.39. The third kappa shape index (κ3) is 5.74. The van der Waals surface area contributed by atoms with Crippen molar-refractivity contribution in [3.63, 3.8) is 0 Å². The van der Waals surface area contributed by atoms with Crippen LogP contribution in [0.15, 0.2) is 22.9 Å². The van der Waals surface area contributed by atoms with E-state index in [1.165, 1.54) is 6.20 Å². The zero-order valence-electron chi connectivity index (χ0n) is 9.56. The fourth-order valence-corrected chi connectivity index (χ4v) is 1.50. The highest BCUT2D eigenvalue weighted by Gasteiger charge is 2.05. The smallest absolute Gasteiger partial charge is 0.305 e. The Morgan fingerprint density at radius 1 is 1.39 bits per heavy atom. The van der Waals surface area contributed by atoms with Crippen LogP contribution < -0.4 is 5.32 Å². The minimum Gasteiger partial charge on any atom is -0.481 e. The number of pyridine rings is 1. The molecule has 0 radical (unpaired) electrons. The lowest BCUT2D eigenvalue weighted by molar-refractivity contribution is -0.138. The van der Waals surface area contributed by atoms with Crippen LogP contribution in [0.2, 0.25) is 0 Å². The Balaban J connectivity index is 2.20. The number of hydrogen-bond acceptors (Lipinski definition) is 4. The minimum absolute atomic E-state index is 0.0382. The molecule has 0 saturated carbocycles. The number of hydrogen-bond donors (Lipinski definition) is 2. The van der Waals surface area contributed by atoms with Gasteiger partial charge in [-0.2, -0.15) is 0 Å². The topological polar surface area (TPSA) is 88.5 Å². The van der Waals surface area contributed by atoms with Crippen molar-refractivity contribution in [1.29, 1.82) is 0 Å². The molecule has 1 rings (SSSR count). The number of carboxylic acids is 1. The van der Waals surface area contributed by atoms with Crippen molar-refractivity contribution >= 4 is 27.8 Å². The lowest BCUT2D eigenvalue weighted by Crippen LogP contribution is -2.27. The number of ether oxygens (including phenoxy) is 1. The molecule has 0 fully saturated rings. The zero-order chi connectivity index (χ0) is 13.4. The second kappa shape index (κ2) is 7.78. The predicted octanol–water partition coefficient (Wildman–Crippen LogP) is 1.07. The first-order valence-electron chi connectivity index (χ1n) is 5.28. The quantitative estimate of drug-likeness (QED) is 0.734. The molecule has 0 bridgehead atoms. The van der Waals surface area contributed by atoms with E-state index in [4.69, 9.17) is 9.84 Å². The summed E-state index contributed by atoms with van der Waals surface area (Å²) in [5, 5.41) is 11.0. The molecule has 0 atom stereocenters. The molecule has 0 aliphatic heterocycles. The van der Waals surface area contributed by atoms with Crippen LogP contribution in [-0.4, -0.2) is 41.7 Å². The SMILES string of the molecule is O=C(O)CCOCCNC(=O)c1cncc(Br)c1. The van der Waals surface area contributed by atoms with Gasteiger partial charge in [-0.1, -0.05) is 0 Å². The number of aliphatic carboxylic acids is 1. The Morgan fingerprint density at radius 2 is 2.17 bits per heavy atom. The fraction of sp³-hybridized carbons (Fsp3) is 0.364. The van der Waals surface area contributed by atoms with Gasteiger partial charge in [0.15, 0.2) is 0 Å². The van der Waals surface area contributed by atoms with E-state index in [2.05, 4.69) is 26.2 Å². The summed E-state index contributed by atoms with van der Waals surface area (Å²) in [6, 6.07) is 1.66. The van der Waals surface area contributed by atoms with Gasteiger partial charge in [-0.15, -0.1) is 0 Å². The number of carboxylic acid groups (broad SMARTS) is 1. The van der Waals surface area contributed by atoms with Crippen molar-refractivity contribution < 1.29 is 19.4 Å². The average Bonchev–Trinajstić information content (AvgIpc) is 2.33. The standard InChI is InChI=1S/C11H13BrN2O4/c12-9-5-8(6-13-7-9)11(17)14-2-4-18-3-1-10(15)16/h5-7H,1-4H2,(H,14,17)(H,15,16). The van der Waals surface area contributed by atoms with Crippen molar-refractivity contribution in [2.24, 2.45) is 0 Å². The summed E-state index contributed by atoms with van der Waals surface area (Å²) in [4.78, 5) is 25.7. The van der Waals surface area contributed by atoms with Crippen LogP contribution in [0.1, 0.15) is 16.8 Å². The van der Waals surface area contributed by atoms with Crippen LogP contribution in [0.25, 0.3) is 0 Å². The van der Waals surface area contributed by atoms with E-state index >= 15 is 0 Å². The molecule has 0 aromatic carbocycles. The largest absolute Gasteiger partial charge is 0.481 e. The number of halogens is 1. The van der Waals surface area contributed by atoms with Crippen molar-refractivity contribution in [3.05, 3.63) is 28.5 Å². The highest BCUT2D eigenvalue weighted by atomic mass is 79.9. The van der Waals surface area contributed by atoms with Crippen molar-refractivity contribution in [2.75, 3.05) is 19.8 Å². The Morgan fingerprint density at radius 3 is 2.83 bits per heavy atom. The molecule has 1 aromatic rings. The van der Waals surface area contributed by atoms with Gasteiger partial charge in [0, 0.05) is 23.4 Å². The van der Waals surface area contributed by atoms with Gasteiger partial charge >= 0.3 is 5.97 Å².